The second-order valence-corrected chi connectivity index (χ2v) is 8.44. The normalized spacial score (nSPS) is 15.4. The Kier molecular flexibility index (Phi) is 4.63. The molecule has 7 nitrogen and oxygen atoms in total. The molecule has 0 spiro atoms. The third-order valence-corrected chi connectivity index (χ3v) is 6.64. The largest absolute Gasteiger partial charge is 0.338 e. The number of hydrogen-bond acceptors (Lipinski definition) is 8. The summed E-state index contributed by atoms with van der Waals surface area (Å²) in [6.45, 7) is 4.12. The third-order valence-electron chi connectivity index (χ3n) is 4.86. The van der Waals surface area contributed by atoms with Crippen molar-refractivity contribution in [1.82, 2.24) is 24.8 Å². The highest BCUT2D eigenvalue weighted by atomic mass is 32.1. The molecule has 1 fully saturated rings. The number of aromatic nitrogens is 4. The maximum Gasteiger partial charge on any atom is 0.260 e. The van der Waals surface area contributed by atoms with E-state index in [1.54, 1.807) is 23.7 Å². The number of fused-ring (bicyclic) bond motifs is 1. The maximum atomic E-state index is 12.7. The first-order valence-electron chi connectivity index (χ1n) is 9.06. The van der Waals surface area contributed by atoms with Crippen molar-refractivity contribution in [2.75, 3.05) is 31.1 Å². The summed E-state index contributed by atoms with van der Waals surface area (Å²) in [5.74, 6) is 1.50. The van der Waals surface area contributed by atoms with Crippen LogP contribution >= 0.6 is 22.7 Å². The van der Waals surface area contributed by atoms with Gasteiger partial charge in [0.25, 0.3) is 5.56 Å². The zero-order valence-corrected chi connectivity index (χ0v) is 16.7. The van der Waals surface area contributed by atoms with Crippen LogP contribution in [0.2, 0.25) is 0 Å². The van der Waals surface area contributed by atoms with Crippen molar-refractivity contribution in [2.45, 2.75) is 6.54 Å². The van der Waals surface area contributed by atoms with E-state index in [0.717, 1.165) is 53.2 Å². The molecule has 5 rings (SSSR count). The molecule has 9 heteroatoms. The lowest BCUT2D eigenvalue weighted by Crippen LogP contribution is -2.46. The summed E-state index contributed by atoms with van der Waals surface area (Å²) in [4.78, 5) is 35.5. The highest BCUT2D eigenvalue weighted by Gasteiger charge is 2.20. The average molecular weight is 411 g/mol. The zero-order chi connectivity index (χ0) is 18.9. The van der Waals surface area contributed by atoms with Crippen molar-refractivity contribution < 1.29 is 0 Å². The van der Waals surface area contributed by atoms with E-state index in [1.807, 2.05) is 29.0 Å². The van der Waals surface area contributed by atoms with E-state index in [0.29, 0.717) is 11.9 Å². The van der Waals surface area contributed by atoms with Crippen LogP contribution in [-0.2, 0) is 6.54 Å². The summed E-state index contributed by atoms with van der Waals surface area (Å²) in [6.07, 6.45) is 3.54. The fourth-order valence-electron chi connectivity index (χ4n) is 3.45. The minimum absolute atomic E-state index is 0.0547. The highest BCUT2D eigenvalue weighted by molar-refractivity contribution is 7.18. The van der Waals surface area contributed by atoms with Crippen molar-refractivity contribution in [3.63, 3.8) is 0 Å². The van der Waals surface area contributed by atoms with Gasteiger partial charge in [-0.3, -0.25) is 9.69 Å². The molecule has 5 heterocycles. The molecule has 1 aliphatic rings. The molecule has 0 bridgehead atoms. The van der Waals surface area contributed by atoms with Crippen LogP contribution in [0.4, 0.5) is 5.95 Å². The van der Waals surface area contributed by atoms with E-state index >= 15 is 0 Å². The van der Waals surface area contributed by atoms with Gasteiger partial charge in [0.05, 0.1) is 11.9 Å². The summed E-state index contributed by atoms with van der Waals surface area (Å²) in [5.41, 5.74) is 0.924. The monoisotopic (exact) mass is 410 g/mol. The van der Waals surface area contributed by atoms with E-state index in [1.165, 1.54) is 11.3 Å². The maximum absolute atomic E-state index is 12.7. The molecule has 4 aromatic rings. The lowest BCUT2D eigenvalue weighted by molar-refractivity contribution is 0.243. The Labute approximate surface area is 169 Å². The number of hydrogen-bond donors (Lipinski definition) is 1. The standard InChI is InChI=1S/C19H18N6OS2/c26-17-16-13(14-3-1-10-27-14)12-28-18(16)23-15(22-17)11-24-6-8-25(9-7-24)19-20-4-2-5-21-19/h1-5,10,12H,6-9,11H2,(H,22,23,26). The van der Waals surface area contributed by atoms with E-state index in [4.69, 9.17) is 4.98 Å². The third kappa shape index (κ3) is 3.32. The number of nitrogens with zero attached hydrogens (tertiary/aromatic N) is 5. The van der Waals surface area contributed by atoms with Crippen molar-refractivity contribution >= 4 is 38.8 Å². The summed E-state index contributed by atoms with van der Waals surface area (Å²) < 4.78 is 0. The van der Waals surface area contributed by atoms with Gasteiger partial charge in [0, 0.05) is 54.4 Å². The molecule has 1 aliphatic heterocycles. The molecule has 0 aliphatic carbocycles. The van der Waals surface area contributed by atoms with Gasteiger partial charge in [-0.05, 0) is 17.5 Å². The quantitative estimate of drug-likeness (QED) is 0.557. The lowest BCUT2D eigenvalue weighted by Gasteiger charge is -2.34. The van der Waals surface area contributed by atoms with Crippen LogP contribution in [0.5, 0.6) is 0 Å². The van der Waals surface area contributed by atoms with Crippen molar-refractivity contribution in [1.29, 1.82) is 0 Å². The minimum Gasteiger partial charge on any atom is -0.338 e. The van der Waals surface area contributed by atoms with E-state index in [9.17, 15) is 4.79 Å². The molecule has 1 saturated heterocycles. The van der Waals surface area contributed by atoms with E-state index in [2.05, 4.69) is 24.8 Å². The fourth-order valence-corrected chi connectivity index (χ4v) is 5.23. The molecule has 1 N–H and O–H groups in total. The van der Waals surface area contributed by atoms with Crippen LogP contribution in [0.3, 0.4) is 0 Å². The molecule has 142 valence electrons. The molecule has 0 saturated carbocycles. The number of H-pyrrole nitrogens is 1. The summed E-state index contributed by atoms with van der Waals surface area (Å²) in [5, 5.41) is 4.75. The first-order valence-corrected chi connectivity index (χ1v) is 10.8. The van der Waals surface area contributed by atoms with Gasteiger partial charge in [0.15, 0.2) is 0 Å². The van der Waals surface area contributed by atoms with Crippen molar-refractivity contribution in [3.8, 4) is 10.4 Å². The predicted octanol–water partition coefficient (Wildman–Crippen LogP) is 2.83. The first-order chi connectivity index (χ1) is 13.8. The Morgan fingerprint density at radius 1 is 1.07 bits per heavy atom. The number of piperazine rings is 1. The summed E-state index contributed by atoms with van der Waals surface area (Å²) in [7, 11) is 0. The molecule has 28 heavy (non-hydrogen) atoms. The van der Waals surface area contributed by atoms with Gasteiger partial charge in [-0.2, -0.15) is 0 Å². The number of aromatic amines is 1. The first kappa shape index (κ1) is 17.5. The number of nitrogens with one attached hydrogen (secondary N) is 1. The topological polar surface area (TPSA) is 78.0 Å². The number of thiophene rings is 2. The van der Waals surface area contributed by atoms with Gasteiger partial charge in [-0.25, -0.2) is 15.0 Å². The molecule has 4 aromatic heterocycles. The Morgan fingerprint density at radius 2 is 1.89 bits per heavy atom. The van der Waals surface area contributed by atoms with Gasteiger partial charge < -0.3 is 9.88 Å². The molecule has 0 amide bonds. The molecular formula is C19H18N6OS2. The highest BCUT2D eigenvalue weighted by Crippen LogP contribution is 2.33. The van der Waals surface area contributed by atoms with E-state index in [-0.39, 0.29) is 5.56 Å². The second kappa shape index (κ2) is 7.42. The Morgan fingerprint density at radius 3 is 2.64 bits per heavy atom. The fraction of sp³-hybridized carbons (Fsp3) is 0.263. The summed E-state index contributed by atoms with van der Waals surface area (Å²) >= 11 is 3.17. The van der Waals surface area contributed by atoms with E-state index < -0.39 is 0 Å². The van der Waals surface area contributed by atoms with Gasteiger partial charge >= 0.3 is 0 Å². The zero-order valence-electron chi connectivity index (χ0n) is 15.0. The predicted molar refractivity (Wildman–Crippen MR) is 113 cm³/mol. The number of rotatable bonds is 4. The number of anilines is 1. The van der Waals surface area contributed by atoms with Gasteiger partial charge in [0.1, 0.15) is 10.7 Å². The molecule has 0 radical (unpaired) electrons. The average Bonchev–Trinajstić information content (AvgIpc) is 3.39. The van der Waals surface area contributed by atoms with Crippen LogP contribution in [0.1, 0.15) is 5.82 Å². The van der Waals surface area contributed by atoms with Crippen LogP contribution in [-0.4, -0.2) is 51.0 Å². The summed E-state index contributed by atoms with van der Waals surface area (Å²) in [6, 6.07) is 5.86. The second-order valence-electron chi connectivity index (χ2n) is 6.63. The Bertz CT molecular complexity index is 1130. The molecule has 0 atom stereocenters. The van der Waals surface area contributed by atoms with Crippen molar-refractivity contribution in [3.05, 3.63) is 57.5 Å². The van der Waals surface area contributed by atoms with Crippen molar-refractivity contribution in [2.24, 2.45) is 0 Å². The van der Waals surface area contributed by atoms with Gasteiger partial charge in [-0.15, -0.1) is 22.7 Å². The van der Waals surface area contributed by atoms with Crippen LogP contribution < -0.4 is 10.5 Å². The Hall–Kier alpha value is -2.62. The van der Waals surface area contributed by atoms with Crippen LogP contribution in [0.25, 0.3) is 20.7 Å². The molecular weight excluding hydrogens is 392 g/mol. The smallest absolute Gasteiger partial charge is 0.260 e. The van der Waals surface area contributed by atoms with Crippen LogP contribution in [0, 0.1) is 0 Å². The SMILES string of the molecule is O=c1[nH]c(CN2CCN(c3ncccn3)CC2)nc2scc(-c3cccs3)c12. The lowest BCUT2D eigenvalue weighted by atomic mass is 10.2. The minimum atomic E-state index is -0.0547. The van der Waals surface area contributed by atoms with Gasteiger partial charge in [-0.1, -0.05) is 6.07 Å². The van der Waals surface area contributed by atoms with Crippen LogP contribution in [0.15, 0.2) is 46.1 Å². The molecule has 0 aromatic carbocycles. The van der Waals surface area contributed by atoms with Gasteiger partial charge in [0.2, 0.25) is 5.95 Å². The molecule has 0 unspecified atom stereocenters. The Balaban J connectivity index is 1.32.